The lowest BCUT2D eigenvalue weighted by Gasteiger charge is -1.94. The number of hydrogen-bond donors (Lipinski definition) is 1. The van der Waals surface area contributed by atoms with Gasteiger partial charge >= 0.3 is 0 Å². The Kier molecular flexibility index (Phi) is 2.53. The van der Waals surface area contributed by atoms with Gasteiger partial charge in [-0.05, 0) is 36.4 Å². The molecule has 0 fully saturated rings. The molecule has 0 aliphatic heterocycles. The van der Waals surface area contributed by atoms with Crippen molar-refractivity contribution in [2.75, 3.05) is 5.73 Å². The molecule has 3 rings (SSSR count). The molecule has 0 bridgehead atoms. The zero-order chi connectivity index (χ0) is 12.4. The molecule has 0 aliphatic carbocycles. The fraction of sp³-hybridized carbons (Fsp3) is 0. The highest BCUT2D eigenvalue weighted by molar-refractivity contribution is 5.61. The first-order valence-electron chi connectivity index (χ1n) is 5.58. The maximum Gasteiger partial charge on any atom is 0.258 e. The van der Waals surface area contributed by atoms with Gasteiger partial charge in [-0.15, -0.1) is 0 Å². The lowest BCUT2D eigenvalue weighted by atomic mass is 10.2. The van der Waals surface area contributed by atoms with E-state index in [4.69, 9.17) is 10.3 Å². The molecule has 88 valence electrons. The number of hydrogen-bond acceptors (Lipinski definition) is 4. The van der Waals surface area contributed by atoms with Crippen molar-refractivity contribution < 1.29 is 4.52 Å². The second-order valence-electron chi connectivity index (χ2n) is 3.91. The molecule has 0 saturated heterocycles. The van der Waals surface area contributed by atoms with Crippen LogP contribution in [0.4, 0.5) is 5.69 Å². The lowest BCUT2D eigenvalue weighted by Crippen LogP contribution is -1.85. The summed E-state index contributed by atoms with van der Waals surface area (Å²) in [5.74, 6) is 1.08. The van der Waals surface area contributed by atoms with E-state index >= 15 is 0 Å². The Morgan fingerprint density at radius 1 is 0.833 bits per heavy atom. The molecule has 0 unspecified atom stereocenters. The maximum atomic E-state index is 5.64. The molecule has 4 heteroatoms. The minimum Gasteiger partial charge on any atom is -0.399 e. The van der Waals surface area contributed by atoms with Crippen LogP contribution in [-0.4, -0.2) is 10.1 Å². The van der Waals surface area contributed by atoms with Crippen LogP contribution in [0.1, 0.15) is 0 Å². The monoisotopic (exact) mass is 237 g/mol. The third-order valence-electron chi connectivity index (χ3n) is 2.62. The third kappa shape index (κ3) is 1.96. The smallest absolute Gasteiger partial charge is 0.258 e. The van der Waals surface area contributed by atoms with Gasteiger partial charge in [0.1, 0.15) is 0 Å². The van der Waals surface area contributed by atoms with Gasteiger partial charge in [-0.2, -0.15) is 4.98 Å². The van der Waals surface area contributed by atoms with E-state index in [1.54, 1.807) is 0 Å². The minimum atomic E-state index is 0.516. The predicted molar refractivity (Wildman–Crippen MR) is 69.6 cm³/mol. The summed E-state index contributed by atoms with van der Waals surface area (Å²) < 4.78 is 5.24. The Labute approximate surface area is 104 Å². The number of nitrogens with two attached hydrogens (primary N) is 1. The highest BCUT2D eigenvalue weighted by atomic mass is 16.5. The topological polar surface area (TPSA) is 64.9 Å². The van der Waals surface area contributed by atoms with Crippen LogP contribution >= 0.6 is 0 Å². The van der Waals surface area contributed by atoms with Crippen LogP contribution in [0.15, 0.2) is 59.1 Å². The Balaban J connectivity index is 1.97. The molecule has 0 aliphatic rings. The summed E-state index contributed by atoms with van der Waals surface area (Å²) in [7, 11) is 0. The van der Waals surface area contributed by atoms with Crippen LogP contribution in [-0.2, 0) is 0 Å². The number of nitrogens with zero attached hydrogens (tertiary/aromatic N) is 2. The fourth-order valence-electron chi connectivity index (χ4n) is 1.67. The number of anilines is 1. The van der Waals surface area contributed by atoms with Gasteiger partial charge in [-0.3, -0.25) is 0 Å². The van der Waals surface area contributed by atoms with Crippen LogP contribution in [0.2, 0.25) is 0 Å². The summed E-state index contributed by atoms with van der Waals surface area (Å²) in [5, 5.41) is 3.97. The van der Waals surface area contributed by atoms with E-state index < -0.39 is 0 Å². The van der Waals surface area contributed by atoms with Gasteiger partial charge in [-0.1, -0.05) is 23.4 Å². The summed E-state index contributed by atoms with van der Waals surface area (Å²) in [5.41, 5.74) is 8.14. The largest absolute Gasteiger partial charge is 0.399 e. The summed E-state index contributed by atoms with van der Waals surface area (Å²) in [6.45, 7) is 0. The van der Waals surface area contributed by atoms with E-state index in [2.05, 4.69) is 10.1 Å². The molecule has 0 radical (unpaired) electrons. The molecule has 2 aromatic carbocycles. The van der Waals surface area contributed by atoms with E-state index in [0.29, 0.717) is 17.4 Å². The quantitative estimate of drug-likeness (QED) is 0.696. The number of aromatic nitrogens is 2. The van der Waals surface area contributed by atoms with Crippen molar-refractivity contribution in [3.05, 3.63) is 54.6 Å². The molecule has 3 aromatic rings. The van der Waals surface area contributed by atoms with Crippen molar-refractivity contribution in [2.45, 2.75) is 0 Å². The number of rotatable bonds is 2. The van der Waals surface area contributed by atoms with Gasteiger partial charge < -0.3 is 10.3 Å². The van der Waals surface area contributed by atoms with Crippen molar-refractivity contribution >= 4 is 5.69 Å². The Morgan fingerprint density at radius 3 is 2.28 bits per heavy atom. The van der Waals surface area contributed by atoms with E-state index in [1.807, 2.05) is 54.6 Å². The Morgan fingerprint density at radius 2 is 1.56 bits per heavy atom. The fourth-order valence-corrected chi connectivity index (χ4v) is 1.67. The van der Waals surface area contributed by atoms with Crippen LogP contribution < -0.4 is 5.73 Å². The second-order valence-corrected chi connectivity index (χ2v) is 3.91. The standard InChI is InChI=1S/C14H11N3O/c15-12-8-6-10(7-9-12)13-16-14(18-17-13)11-4-2-1-3-5-11/h1-9H,15H2. The molecule has 0 amide bonds. The highest BCUT2D eigenvalue weighted by Crippen LogP contribution is 2.22. The summed E-state index contributed by atoms with van der Waals surface area (Å²) in [6.07, 6.45) is 0. The average molecular weight is 237 g/mol. The summed E-state index contributed by atoms with van der Waals surface area (Å²) in [6, 6.07) is 17.0. The molecule has 18 heavy (non-hydrogen) atoms. The Bertz CT molecular complexity index is 644. The van der Waals surface area contributed by atoms with E-state index in [1.165, 1.54) is 0 Å². The SMILES string of the molecule is Nc1ccc(-c2noc(-c3ccccc3)n2)cc1. The normalized spacial score (nSPS) is 10.4. The molecule has 2 N–H and O–H groups in total. The van der Waals surface area contributed by atoms with Crippen molar-refractivity contribution in [1.29, 1.82) is 0 Å². The van der Waals surface area contributed by atoms with E-state index in [-0.39, 0.29) is 0 Å². The first-order chi connectivity index (χ1) is 8.83. The van der Waals surface area contributed by atoms with Gasteiger partial charge in [0.25, 0.3) is 5.89 Å². The van der Waals surface area contributed by atoms with Crippen LogP contribution in [0, 0.1) is 0 Å². The van der Waals surface area contributed by atoms with Crippen molar-refractivity contribution in [3.63, 3.8) is 0 Å². The minimum absolute atomic E-state index is 0.516. The van der Waals surface area contributed by atoms with Gasteiger partial charge in [0, 0.05) is 16.8 Å². The van der Waals surface area contributed by atoms with Gasteiger partial charge in [-0.25, -0.2) is 0 Å². The molecular formula is C14H11N3O. The number of benzene rings is 2. The van der Waals surface area contributed by atoms with Crippen LogP contribution in [0.25, 0.3) is 22.8 Å². The third-order valence-corrected chi connectivity index (χ3v) is 2.62. The van der Waals surface area contributed by atoms with E-state index in [0.717, 1.165) is 11.1 Å². The molecule has 1 aromatic heterocycles. The molecular weight excluding hydrogens is 226 g/mol. The highest BCUT2D eigenvalue weighted by Gasteiger charge is 2.09. The van der Waals surface area contributed by atoms with E-state index in [9.17, 15) is 0 Å². The molecule has 1 heterocycles. The second kappa shape index (κ2) is 4.33. The van der Waals surface area contributed by atoms with Crippen molar-refractivity contribution in [1.82, 2.24) is 10.1 Å². The predicted octanol–water partition coefficient (Wildman–Crippen LogP) is 2.99. The Hall–Kier alpha value is -2.62. The molecule has 0 atom stereocenters. The van der Waals surface area contributed by atoms with Gasteiger partial charge in [0.15, 0.2) is 0 Å². The van der Waals surface area contributed by atoms with Crippen LogP contribution in [0.5, 0.6) is 0 Å². The zero-order valence-electron chi connectivity index (χ0n) is 9.58. The first-order valence-corrected chi connectivity index (χ1v) is 5.58. The zero-order valence-corrected chi connectivity index (χ0v) is 9.58. The average Bonchev–Trinajstić information content (AvgIpc) is 2.90. The molecule has 4 nitrogen and oxygen atoms in total. The van der Waals surface area contributed by atoms with Gasteiger partial charge in [0.05, 0.1) is 0 Å². The summed E-state index contributed by atoms with van der Waals surface area (Å²) in [4.78, 5) is 4.36. The molecule has 0 spiro atoms. The first kappa shape index (κ1) is 10.5. The van der Waals surface area contributed by atoms with Gasteiger partial charge in [0.2, 0.25) is 5.82 Å². The van der Waals surface area contributed by atoms with Crippen LogP contribution in [0.3, 0.4) is 0 Å². The molecule has 0 saturated carbocycles. The maximum absolute atomic E-state index is 5.64. The lowest BCUT2D eigenvalue weighted by molar-refractivity contribution is 0.432. The van der Waals surface area contributed by atoms with Crippen molar-refractivity contribution in [3.8, 4) is 22.8 Å². The summed E-state index contributed by atoms with van der Waals surface area (Å²) >= 11 is 0. The number of nitrogen functional groups attached to an aromatic ring is 1. The van der Waals surface area contributed by atoms with Crippen molar-refractivity contribution in [2.24, 2.45) is 0 Å².